The Kier molecular flexibility index (Phi) is 7.98. The molecule has 4 rings (SSSR count). The number of halogens is 5. The Hall–Kier alpha value is -2.62. The Morgan fingerprint density at radius 1 is 0.886 bits per heavy atom. The fraction of sp³-hybridized carbons (Fsp3) is 0.308. The van der Waals surface area contributed by atoms with Gasteiger partial charge in [0.15, 0.2) is 0 Å². The van der Waals surface area contributed by atoms with Gasteiger partial charge < -0.3 is 9.64 Å². The smallest absolute Gasteiger partial charge is 0.406 e. The maximum Gasteiger partial charge on any atom is 0.573 e. The zero-order valence-corrected chi connectivity index (χ0v) is 19.8. The van der Waals surface area contributed by atoms with Gasteiger partial charge in [-0.05, 0) is 98.0 Å². The van der Waals surface area contributed by atoms with Gasteiger partial charge in [-0.3, -0.25) is 4.72 Å². The minimum absolute atomic E-state index is 0.0698. The number of alkyl halides is 3. The van der Waals surface area contributed by atoms with Gasteiger partial charge in [-0.15, -0.1) is 13.2 Å². The second kappa shape index (κ2) is 11.0. The monoisotopic (exact) mass is 508 g/mol. The first kappa shape index (κ1) is 25.5. The van der Waals surface area contributed by atoms with Gasteiger partial charge in [0.25, 0.3) is 0 Å². The average Bonchev–Trinajstić information content (AvgIpc) is 2.82. The number of nitrogens with zero attached hydrogens (tertiary/aromatic N) is 1. The molecule has 9 heteroatoms. The molecule has 0 bridgehead atoms. The molecule has 35 heavy (non-hydrogen) atoms. The number of likely N-dealkylation sites (tertiary alicyclic amines) is 1. The Morgan fingerprint density at radius 3 is 1.94 bits per heavy atom. The summed E-state index contributed by atoms with van der Waals surface area (Å²) in [6.45, 7) is 0.820. The molecule has 0 aliphatic carbocycles. The molecule has 1 aliphatic rings. The maximum absolute atomic E-state index is 13.6. The molecule has 3 aromatic carbocycles. The number of likely N-dealkylation sites (N-methyl/N-ethyl adjacent to an activating group) is 1. The maximum atomic E-state index is 13.6. The van der Waals surface area contributed by atoms with E-state index in [1.54, 1.807) is 36.4 Å². The molecule has 0 aromatic heterocycles. The van der Waals surface area contributed by atoms with Crippen LogP contribution in [0.3, 0.4) is 0 Å². The van der Waals surface area contributed by atoms with Crippen molar-refractivity contribution in [3.05, 3.63) is 95.6 Å². The molecular formula is C26H25F5N2OS. The molecule has 0 amide bonds. The zero-order chi connectivity index (χ0) is 25.0. The van der Waals surface area contributed by atoms with Crippen LogP contribution in [0.15, 0.2) is 77.7 Å². The Balaban J connectivity index is 1.48. The number of benzene rings is 3. The van der Waals surface area contributed by atoms with Crippen LogP contribution in [0.4, 0.5) is 22.0 Å². The lowest BCUT2D eigenvalue weighted by Crippen LogP contribution is -2.48. The van der Waals surface area contributed by atoms with E-state index in [2.05, 4.69) is 14.4 Å². The summed E-state index contributed by atoms with van der Waals surface area (Å²) in [4.78, 5) is 3.03. The molecule has 2 unspecified atom stereocenters. The minimum atomic E-state index is -4.72. The van der Waals surface area contributed by atoms with E-state index in [1.165, 1.54) is 48.3 Å². The van der Waals surface area contributed by atoms with Crippen LogP contribution in [0.2, 0.25) is 0 Å². The topological polar surface area (TPSA) is 24.5 Å². The SMILES string of the molecule is CN1CCC(NSc2ccc(OC(F)(F)F)cc2)CC1C(c1ccc(F)cc1)c1ccc(F)cc1. The predicted octanol–water partition coefficient (Wildman–Crippen LogP) is 6.76. The van der Waals surface area contributed by atoms with Crippen molar-refractivity contribution in [2.45, 2.75) is 42.1 Å². The van der Waals surface area contributed by atoms with Gasteiger partial charge in [0.1, 0.15) is 17.4 Å². The standard InChI is InChI=1S/C26H25F5N2OS/c1-33-15-14-21(32-35-23-12-10-22(11-13-23)34-26(29,30)31)16-24(33)25(17-2-6-19(27)7-3-17)18-4-8-20(28)9-5-18/h2-13,21,24-25,32H,14-16H2,1H3. The normalized spacial score (nSPS) is 19.2. The molecule has 186 valence electrons. The fourth-order valence-corrected chi connectivity index (χ4v) is 5.24. The fourth-order valence-electron chi connectivity index (χ4n) is 4.45. The number of hydrogen-bond donors (Lipinski definition) is 1. The summed E-state index contributed by atoms with van der Waals surface area (Å²) in [6, 6.07) is 18.8. The molecule has 1 heterocycles. The second-order valence-electron chi connectivity index (χ2n) is 8.59. The van der Waals surface area contributed by atoms with Crippen LogP contribution in [-0.4, -0.2) is 36.9 Å². The van der Waals surface area contributed by atoms with Crippen molar-refractivity contribution < 1.29 is 26.7 Å². The highest BCUT2D eigenvalue weighted by molar-refractivity contribution is 7.97. The van der Waals surface area contributed by atoms with E-state index in [-0.39, 0.29) is 35.4 Å². The third kappa shape index (κ3) is 6.96. The first-order chi connectivity index (χ1) is 16.7. The lowest BCUT2D eigenvalue weighted by atomic mass is 9.79. The van der Waals surface area contributed by atoms with Crippen molar-refractivity contribution in [2.75, 3.05) is 13.6 Å². The highest BCUT2D eigenvalue weighted by Gasteiger charge is 2.34. The first-order valence-electron chi connectivity index (χ1n) is 11.2. The lowest BCUT2D eigenvalue weighted by Gasteiger charge is -2.42. The summed E-state index contributed by atoms with van der Waals surface area (Å²) in [5, 5.41) is 0. The van der Waals surface area contributed by atoms with Crippen molar-refractivity contribution in [3.8, 4) is 5.75 Å². The van der Waals surface area contributed by atoms with Gasteiger partial charge in [0, 0.05) is 22.9 Å². The van der Waals surface area contributed by atoms with Gasteiger partial charge in [-0.2, -0.15) is 0 Å². The van der Waals surface area contributed by atoms with Crippen molar-refractivity contribution in [3.63, 3.8) is 0 Å². The molecule has 0 radical (unpaired) electrons. The molecule has 1 aliphatic heterocycles. The molecule has 3 nitrogen and oxygen atoms in total. The number of rotatable bonds is 7. The number of hydrogen-bond acceptors (Lipinski definition) is 4. The summed E-state index contributed by atoms with van der Waals surface area (Å²) in [5.74, 6) is -0.977. The van der Waals surface area contributed by atoms with E-state index in [0.717, 1.165) is 35.4 Å². The second-order valence-corrected chi connectivity index (χ2v) is 9.50. The summed E-state index contributed by atoms with van der Waals surface area (Å²) >= 11 is 1.36. The van der Waals surface area contributed by atoms with Gasteiger partial charge in [-0.25, -0.2) is 8.78 Å². The summed E-state index contributed by atoms with van der Waals surface area (Å²) in [5.41, 5.74) is 1.90. The zero-order valence-electron chi connectivity index (χ0n) is 18.9. The van der Waals surface area contributed by atoms with Crippen molar-refractivity contribution in [1.29, 1.82) is 0 Å². The third-order valence-corrected chi connectivity index (χ3v) is 7.13. The van der Waals surface area contributed by atoms with Gasteiger partial charge >= 0.3 is 6.36 Å². The van der Waals surface area contributed by atoms with Crippen molar-refractivity contribution in [1.82, 2.24) is 9.62 Å². The van der Waals surface area contributed by atoms with Crippen LogP contribution in [-0.2, 0) is 0 Å². The lowest BCUT2D eigenvalue weighted by molar-refractivity contribution is -0.274. The molecule has 1 fully saturated rings. The van der Waals surface area contributed by atoms with Gasteiger partial charge in [0.05, 0.1) is 0 Å². The van der Waals surface area contributed by atoms with Crippen LogP contribution in [0.1, 0.15) is 29.9 Å². The predicted molar refractivity (Wildman–Crippen MR) is 126 cm³/mol. The average molecular weight is 509 g/mol. The van der Waals surface area contributed by atoms with E-state index in [0.29, 0.717) is 0 Å². The van der Waals surface area contributed by atoms with E-state index >= 15 is 0 Å². The van der Waals surface area contributed by atoms with E-state index in [4.69, 9.17) is 0 Å². The summed E-state index contributed by atoms with van der Waals surface area (Å²) < 4.78 is 71.7. The first-order valence-corrected chi connectivity index (χ1v) is 12.0. The van der Waals surface area contributed by atoms with Crippen LogP contribution >= 0.6 is 11.9 Å². The van der Waals surface area contributed by atoms with Gasteiger partial charge in [-0.1, -0.05) is 24.3 Å². The van der Waals surface area contributed by atoms with Crippen molar-refractivity contribution in [2.24, 2.45) is 0 Å². The Morgan fingerprint density at radius 2 is 1.43 bits per heavy atom. The van der Waals surface area contributed by atoms with Crippen LogP contribution in [0.25, 0.3) is 0 Å². The molecule has 1 saturated heterocycles. The van der Waals surface area contributed by atoms with Crippen LogP contribution in [0, 0.1) is 11.6 Å². The van der Waals surface area contributed by atoms with Crippen LogP contribution < -0.4 is 9.46 Å². The quantitative estimate of drug-likeness (QED) is 0.282. The molecule has 0 spiro atoms. The molecule has 0 saturated carbocycles. The highest BCUT2D eigenvalue weighted by atomic mass is 32.2. The third-order valence-electron chi connectivity index (χ3n) is 6.17. The highest BCUT2D eigenvalue weighted by Crippen LogP contribution is 2.36. The number of ether oxygens (including phenoxy) is 1. The Bertz CT molecular complexity index is 1050. The van der Waals surface area contributed by atoms with Crippen molar-refractivity contribution >= 4 is 11.9 Å². The molecule has 2 atom stereocenters. The van der Waals surface area contributed by atoms with E-state index in [1.807, 2.05) is 7.05 Å². The number of nitrogens with one attached hydrogen (secondary N) is 1. The molecular weight excluding hydrogens is 483 g/mol. The summed E-state index contributed by atoms with van der Waals surface area (Å²) in [6.07, 6.45) is -3.06. The Labute approximate surface area is 205 Å². The van der Waals surface area contributed by atoms with E-state index < -0.39 is 6.36 Å². The largest absolute Gasteiger partial charge is 0.573 e. The number of piperidine rings is 1. The van der Waals surface area contributed by atoms with Crippen LogP contribution in [0.5, 0.6) is 5.75 Å². The van der Waals surface area contributed by atoms with Gasteiger partial charge in [0.2, 0.25) is 0 Å². The molecule has 1 N–H and O–H groups in total. The summed E-state index contributed by atoms with van der Waals surface area (Å²) in [7, 11) is 2.05. The minimum Gasteiger partial charge on any atom is -0.406 e. The van der Waals surface area contributed by atoms with E-state index in [9.17, 15) is 22.0 Å². The molecule has 3 aromatic rings.